The van der Waals surface area contributed by atoms with E-state index in [1.54, 1.807) is 25.3 Å². The minimum atomic E-state index is -0.530. The third-order valence-electron chi connectivity index (χ3n) is 5.30. The number of aliphatic imine (C=N–C) groups is 1. The second-order valence-electron chi connectivity index (χ2n) is 8.88. The SMILES string of the molecule is COc1ccc(Cl)cc1C(=NC#N)N=c1sc(C(C)(C)C)cn1CC1(OC(C)=O)CCC1. The molecule has 0 unspecified atom stereocenters. The molecule has 1 aromatic carbocycles. The lowest BCUT2D eigenvalue weighted by Gasteiger charge is -2.40. The van der Waals surface area contributed by atoms with Crippen LogP contribution in [0.25, 0.3) is 0 Å². The molecular weight excluding hydrogens is 448 g/mol. The van der Waals surface area contributed by atoms with Gasteiger partial charge >= 0.3 is 5.97 Å². The molecule has 0 radical (unpaired) electrons. The molecule has 3 rings (SSSR count). The van der Waals surface area contributed by atoms with E-state index in [2.05, 4.69) is 25.8 Å². The van der Waals surface area contributed by atoms with Crippen LogP contribution in [0.15, 0.2) is 34.4 Å². The van der Waals surface area contributed by atoms with Gasteiger partial charge in [-0.1, -0.05) is 32.4 Å². The number of ether oxygens (including phenoxy) is 2. The van der Waals surface area contributed by atoms with Crippen molar-refractivity contribution in [3.63, 3.8) is 0 Å². The van der Waals surface area contributed by atoms with Crippen LogP contribution in [0.1, 0.15) is 57.4 Å². The molecule has 1 saturated carbocycles. The van der Waals surface area contributed by atoms with E-state index in [0.29, 0.717) is 27.7 Å². The molecule has 0 spiro atoms. The Labute approximate surface area is 197 Å². The lowest BCUT2D eigenvalue weighted by Crippen LogP contribution is -2.46. The number of aromatic nitrogens is 1. The monoisotopic (exact) mass is 474 g/mol. The number of benzene rings is 1. The Morgan fingerprint density at radius 3 is 2.62 bits per heavy atom. The molecule has 0 amide bonds. The summed E-state index contributed by atoms with van der Waals surface area (Å²) in [7, 11) is 1.54. The first kappa shape index (κ1) is 24.0. The lowest BCUT2D eigenvalue weighted by atomic mass is 9.80. The van der Waals surface area contributed by atoms with E-state index in [-0.39, 0.29) is 17.2 Å². The fraction of sp³-hybridized carbons (Fsp3) is 0.478. The molecule has 0 bridgehead atoms. The third kappa shape index (κ3) is 5.40. The number of carbonyl (C=O) groups is 1. The summed E-state index contributed by atoms with van der Waals surface area (Å²) in [6.07, 6.45) is 6.50. The summed E-state index contributed by atoms with van der Waals surface area (Å²) in [5.41, 5.74) is -0.108. The zero-order chi connectivity index (χ0) is 23.5. The van der Waals surface area contributed by atoms with Crippen molar-refractivity contribution in [2.75, 3.05) is 7.11 Å². The predicted octanol–water partition coefficient (Wildman–Crippen LogP) is 4.82. The van der Waals surface area contributed by atoms with Crippen molar-refractivity contribution in [3.8, 4) is 11.9 Å². The minimum Gasteiger partial charge on any atom is -0.496 e. The maximum atomic E-state index is 11.7. The summed E-state index contributed by atoms with van der Waals surface area (Å²) in [6.45, 7) is 8.31. The maximum absolute atomic E-state index is 11.7. The van der Waals surface area contributed by atoms with Crippen molar-refractivity contribution in [1.29, 1.82) is 5.26 Å². The quantitative estimate of drug-likeness (QED) is 0.269. The predicted molar refractivity (Wildman–Crippen MR) is 125 cm³/mol. The molecule has 0 aliphatic heterocycles. The number of carbonyl (C=O) groups excluding carboxylic acids is 1. The second-order valence-corrected chi connectivity index (χ2v) is 10.3. The number of rotatable bonds is 5. The largest absolute Gasteiger partial charge is 0.496 e. The molecule has 1 aliphatic carbocycles. The number of halogens is 1. The summed E-state index contributed by atoms with van der Waals surface area (Å²) in [5, 5.41) is 9.80. The summed E-state index contributed by atoms with van der Waals surface area (Å²) in [6, 6.07) is 5.10. The van der Waals surface area contributed by atoms with Gasteiger partial charge in [0, 0.05) is 23.0 Å². The smallest absolute Gasteiger partial charge is 0.303 e. The van der Waals surface area contributed by atoms with E-state index in [1.165, 1.54) is 18.3 Å². The van der Waals surface area contributed by atoms with Crippen molar-refractivity contribution < 1.29 is 14.3 Å². The highest BCUT2D eigenvalue weighted by Crippen LogP contribution is 2.37. The first-order valence-corrected chi connectivity index (χ1v) is 11.5. The minimum absolute atomic E-state index is 0.103. The Balaban J connectivity index is 2.15. The van der Waals surface area contributed by atoms with Crippen LogP contribution in [0.5, 0.6) is 5.75 Å². The maximum Gasteiger partial charge on any atom is 0.303 e. The number of nitrogens with zero attached hydrogens (tertiary/aromatic N) is 4. The molecule has 2 aromatic rings. The van der Waals surface area contributed by atoms with Crippen molar-refractivity contribution in [1.82, 2.24) is 4.57 Å². The number of nitriles is 1. The highest BCUT2D eigenvalue weighted by molar-refractivity contribution is 7.09. The van der Waals surface area contributed by atoms with Gasteiger partial charge in [-0.2, -0.15) is 15.2 Å². The number of esters is 1. The molecular formula is C23H27ClN4O3S. The number of amidine groups is 1. The Kier molecular flexibility index (Phi) is 7.11. The van der Waals surface area contributed by atoms with E-state index >= 15 is 0 Å². The fourth-order valence-electron chi connectivity index (χ4n) is 3.54. The molecule has 0 N–H and O–H groups in total. The molecule has 170 valence electrons. The Hall–Kier alpha value is -2.63. The molecule has 1 heterocycles. The van der Waals surface area contributed by atoms with Crippen LogP contribution in [0.2, 0.25) is 5.02 Å². The van der Waals surface area contributed by atoms with Crippen LogP contribution in [-0.4, -0.2) is 29.1 Å². The molecule has 1 fully saturated rings. The van der Waals surface area contributed by atoms with Gasteiger partial charge in [-0.3, -0.25) is 4.79 Å². The average Bonchev–Trinajstić information content (AvgIpc) is 3.08. The molecule has 32 heavy (non-hydrogen) atoms. The first-order chi connectivity index (χ1) is 15.1. The zero-order valence-corrected chi connectivity index (χ0v) is 20.5. The molecule has 0 atom stereocenters. The first-order valence-electron chi connectivity index (χ1n) is 10.3. The number of hydrogen-bond donors (Lipinski definition) is 0. The summed E-state index contributed by atoms with van der Waals surface area (Å²) in [5.74, 6) is 0.435. The van der Waals surface area contributed by atoms with Crippen LogP contribution in [-0.2, 0) is 21.5 Å². The second kappa shape index (κ2) is 9.47. The van der Waals surface area contributed by atoms with Gasteiger partial charge in [0.15, 0.2) is 10.6 Å². The van der Waals surface area contributed by atoms with Gasteiger partial charge in [0.25, 0.3) is 0 Å². The van der Waals surface area contributed by atoms with E-state index in [4.69, 9.17) is 26.1 Å². The summed E-state index contributed by atoms with van der Waals surface area (Å²) < 4.78 is 13.1. The van der Waals surface area contributed by atoms with Gasteiger partial charge in [-0.25, -0.2) is 0 Å². The highest BCUT2D eigenvalue weighted by atomic mass is 35.5. The van der Waals surface area contributed by atoms with E-state index in [0.717, 1.165) is 24.1 Å². The molecule has 1 aliphatic rings. The summed E-state index contributed by atoms with van der Waals surface area (Å²) in [4.78, 5) is 22.2. The van der Waals surface area contributed by atoms with Gasteiger partial charge < -0.3 is 14.0 Å². The topological polar surface area (TPSA) is 89.0 Å². The fourth-order valence-corrected chi connectivity index (χ4v) is 4.77. The Morgan fingerprint density at radius 1 is 1.38 bits per heavy atom. The Morgan fingerprint density at radius 2 is 2.09 bits per heavy atom. The van der Waals surface area contributed by atoms with Gasteiger partial charge in [-0.15, -0.1) is 11.3 Å². The number of methoxy groups -OCH3 is 1. The van der Waals surface area contributed by atoms with Gasteiger partial charge in [0.05, 0.1) is 19.2 Å². The third-order valence-corrected chi connectivity index (χ3v) is 6.98. The van der Waals surface area contributed by atoms with Gasteiger partial charge in [0.1, 0.15) is 11.4 Å². The van der Waals surface area contributed by atoms with Gasteiger partial charge in [-0.05, 0) is 42.9 Å². The van der Waals surface area contributed by atoms with E-state index in [1.807, 2.05) is 17.0 Å². The van der Waals surface area contributed by atoms with Crippen LogP contribution in [0.3, 0.4) is 0 Å². The number of thiazole rings is 1. The molecule has 0 saturated heterocycles. The molecule has 1 aromatic heterocycles. The zero-order valence-electron chi connectivity index (χ0n) is 18.9. The molecule has 7 nitrogen and oxygen atoms in total. The van der Waals surface area contributed by atoms with Crippen LogP contribution < -0.4 is 9.54 Å². The van der Waals surface area contributed by atoms with Crippen molar-refractivity contribution in [2.45, 2.75) is 64.5 Å². The Bertz CT molecular complexity index is 1150. The van der Waals surface area contributed by atoms with Crippen molar-refractivity contribution in [2.24, 2.45) is 9.98 Å². The number of hydrogen-bond acceptors (Lipinski definition) is 6. The normalized spacial score (nSPS) is 16.3. The van der Waals surface area contributed by atoms with Crippen LogP contribution in [0.4, 0.5) is 0 Å². The summed E-state index contributed by atoms with van der Waals surface area (Å²) >= 11 is 7.71. The van der Waals surface area contributed by atoms with Crippen LogP contribution >= 0.6 is 22.9 Å². The van der Waals surface area contributed by atoms with E-state index in [9.17, 15) is 10.1 Å². The standard InChI is InChI=1S/C23H27ClN4O3S/c1-15(29)31-23(9-6-10-23)13-28-12-19(22(2,3)4)32-21(28)27-20(26-14-25)17-11-16(24)7-8-18(17)30-5/h7-8,11-12H,6,9-10,13H2,1-5H3. The average molecular weight is 475 g/mol. The molecule has 9 heteroatoms. The van der Waals surface area contributed by atoms with Gasteiger partial charge in [0.2, 0.25) is 6.19 Å². The van der Waals surface area contributed by atoms with Crippen molar-refractivity contribution in [3.05, 3.63) is 44.7 Å². The highest BCUT2D eigenvalue weighted by Gasteiger charge is 2.41. The van der Waals surface area contributed by atoms with Crippen LogP contribution in [0, 0.1) is 11.5 Å². The van der Waals surface area contributed by atoms with E-state index < -0.39 is 5.60 Å². The lowest BCUT2D eigenvalue weighted by molar-refractivity contribution is -0.169. The van der Waals surface area contributed by atoms with Crippen molar-refractivity contribution >= 4 is 34.7 Å².